The van der Waals surface area contributed by atoms with E-state index in [-0.39, 0.29) is 22.5 Å². The van der Waals surface area contributed by atoms with Crippen molar-refractivity contribution in [2.45, 2.75) is 6.92 Å². The summed E-state index contributed by atoms with van der Waals surface area (Å²) in [5.74, 6) is -1.42. The summed E-state index contributed by atoms with van der Waals surface area (Å²) in [4.78, 5) is 21.4. The van der Waals surface area contributed by atoms with Crippen LogP contribution in [0.1, 0.15) is 15.9 Å². The van der Waals surface area contributed by atoms with Gasteiger partial charge in [0, 0.05) is 11.6 Å². The lowest BCUT2D eigenvalue weighted by atomic mass is 10.1. The van der Waals surface area contributed by atoms with Crippen LogP contribution in [0.15, 0.2) is 17.2 Å². The minimum absolute atomic E-state index is 0.0914. The fourth-order valence-electron chi connectivity index (χ4n) is 1.41. The molecule has 0 saturated heterocycles. The van der Waals surface area contributed by atoms with Gasteiger partial charge in [0.15, 0.2) is 5.84 Å². The van der Waals surface area contributed by atoms with Crippen molar-refractivity contribution in [3.8, 4) is 6.07 Å². The Balaban J connectivity index is 3.36. The van der Waals surface area contributed by atoms with Gasteiger partial charge in [0.1, 0.15) is 6.07 Å². The van der Waals surface area contributed by atoms with Gasteiger partial charge in [-0.1, -0.05) is 0 Å². The van der Waals surface area contributed by atoms with Crippen molar-refractivity contribution in [1.82, 2.24) is 0 Å². The SMILES string of the molecule is Cc1c(N/N=C(\C#N)C(=N)N)cc(C(N)=O)cc1[N+](=O)[O-]. The Morgan fingerprint density at radius 2 is 2.14 bits per heavy atom. The van der Waals surface area contributed by atoms with Crippen LogP contribution in [0.5, 0.6) is 0 Å². The standard InChI is InChI=1S/C11H11N7O3/c1-5-7(16-17-8(4-12)10(13)14)2-6(11(15)19)3-9(5)18(20)21/h2-3,16H,1H3,(H3,13,14)(H2,15,19)/b17-8+. The number of primary amides is 1. The van der Waals surface area contributed by atoms with E-state index in [2.05, 4.69) is 10.5 Å². The highest BCUT2D eigenvalue weighted by molar-refractivity contribution is 6.45. The summed E-state index contributed by atoms with van der Waals surface area (Å²) in [5, 5.41) is 30.3. The molecule has 1 rings (SSSR count). The average Bonchev–Trinajstić information content (AvgIpc) is 2.39. The molecule has 0 aliphatic carbocycles. The molecule has 0 radical (unpaired) electrons. The number of nitrogens with zero attached hydrogens (tertiary/aromatic N) is 3. The first kappa shape index (κ1) is 15.6. The van der Waals surface area contributed by atoms with E-state index in [0.717, 1.165) is 6.07 Å². The first-order chi connectivity index (χ1) is 9.77. The van der Waals surface area contributed by atoms with Gasteiger partial charge < -0.3 is 11.5 Å². The highest BCUT2D eigenvalue weighted by atomic mass is 16.6. The summed E-state index contributed by atoms with van der Waals surface area (Å²) in [6, 6.07) is 3.88. The second-order valence-electron chi connectivity index (χ2n) is 3.89. The molecule has 0 spiro atoms. The summed E-state index contributed by atoms with van der Waals surface area (Å²) in [6.07, 6.45) is 0. The third kappa shape index (κ3) is 3.51. The van der Waals surface area contributed by atoms with Crippen LogP contribution in [0, 0.1) is 33.8 Å². The molecule has 1 aromatic carbocycles. The summed E-state index contributed by atoms with van der Waals surface area (Å²) in [7, 11) is 0. The number of nitro benzene ring substituents is 1. The molecule has 10 heteroatoms. The van der Waals surface area contributed by atoms with Crippen LogP contribution in [-0.4, -0.2) is 22.4 Å². The van der Waals surface area contributed by atoms with Gasteiger partial charge in [-0.3, -0.25) is 25.7 Å². The molecule has 108 valence electrons. The number of anilines is 1. The number of nitro groups is 1. The van der Waals surface area contributed by atoms with Crippen LogP contribution < -0.4 is 16.9 Å². The number of nitriles is 1. The van der Waals surface area contributed by atoms with Crippen molar-refractivity contribution in [3.63, 3.8) is 0 Å². The highest BCUT2D eigenvalue weighted by Gasteiger charge is 2.18. The molecule has 0 atom stereocenters. The van der Waals surface area contributed by atoms with E-state index < -0.39 is 22.4 Å². The number of rotatable bonds is 5. The Morgan fingerprint density at radius 3 is 2.57 bits per heavy atom. The quantitative estimate of drug-likeness (QED) is 0.260. The van der Waals surface area contributed by atoms with Crippen molar-refractivity contribution in [2.24, 2.45) is 16.6 Å². The number of amides is 1. The number of nitrogens with two attached hydrogens (primary N) is 2. The molecule has 1 aromatic rings. The predicted octanol–water partition coefficient (Wildman–Crippen LogP) is 0.230. The van der Waals surface area contributed by atoms with E-state index in [1.54, 1.807) is 6.07 Å². The molecule has 0 fully saturated rings. The lowest BCUT2D eigenvalue weighted by molar-refractivity contribution is -0.385. The number of amidine groups is 1. The second kappa shape index (κ2) is 6.11. The number of carbonyl (C=O) groups is 1. The number of benzene rings is 1. The largest absolute Gasteiger partial charge is 0.382 e. The topological polar surface area (TPSA) is 184 Å². The Hall–Kier alpha value is -3.48. The summed E-state index contributed by atoms with van der Waals surface area (Å²) in [5.41, 5.74) is 12.1. The van der Waals surface area contributed by atoms with Crippen LogP contribution in [0.4, 0.5) is 11.4 Å². The Bertz CT molecular complexity index is 703. The van der Waals surface area contributed by atoms with Crippen LogP contribution in [-0.2, 0) is 0 Å². The molecule has 1 amide bonds. The number of hydrazone groups is 1. The van der Waals surface area contributed by atoms with E-state index >= 15 is 0 Å². The van der Waals surface area contributed by atoms with Gasteiger partial charge in [0.05, 0.1) is 16.2 Å². The Morgan fingerprint density at radius 1 is 1.52 bits per heavy atom. The molecular formula is C11H11N7O3. The van der Waals surface area contributed by atoms with Gasteiger partial charge in [0.2, 0.25) is 11.6 Å². The number of nitrogens with one attached hydrogen (secondary N) is 2. The number of hydrogen-bond donors (Lipinski definition) is 4. The van der Waals surface area contributed by atoms with Crippen molar-refractivity contribution < 1.29 is 9.72 Å². The zero-order chi connectivity index (χ0) is 16.2. The lowest BCUT2D eigenvalue weighted by Gasteiger charge is -2.08. The van der Waals surface area contributed by atoms with E-state index in [1.165, 1.54) is 13.0 Å². The van der Waals surface area contributed by atoms with Crippen molar-refractivity contribution in [3.05, 3.63) is 33.4 Å². The van der Waals surface area contributed by atoms with E-state index in [4.69, 9.17) is 22.1 Å². The molecule has 0 saturated carbocycles. The van der Waals surface area contributed by atoms with Gasteiger partial charge in [-0.05, 0) is 13.0 Å². The van der Waals surface area contributed by atoms with Crippen LogP contribution in [0.2, 0.25) is 0 Å². The van der Waals surface area contributed by atoms with E-state index in [0.29, 0.717) is 0 Å². The maximum absolute atomic E-state index is 11.2. The minimum atomic E-state index is -0.850. The van der Waals surface area contributed by atoms with Crippen molar-refractivity contribution >= 4 is 28.8 Å². The molecule has 0 aliphatic heterocycles. The molecule has 10 nitrogen and oxygen atoms in total. The Labute approximate surface area is 118 Å². The van der Waals surface area contributed by atoms with Gasteiger partial charge in [-0.2, -0.15) is 10.4 Å². The van der Waals surface area contributed by atoms with Crippen LogP contribution >= 0.6 is 0 Å². The third-order valence-electron chi connectivity index (χ3n) is 2.51. The maximum atomic E-state index is 11.2. The van der Waals surface area contributed by atoms with E-state index in [1.807, 2.05) is 0 Å². The minimum Gasteiger partial charge on any atom is -0.382 e. The van der Waals surface area contributed by atoms with Crippen LogP contribution in [0.25, 0.3) is 0 Å². The third-order valence-corrected chi connectivity index (χ3v) is 2.51. The molecule has 0 bridgehead atoms. The normalized spacial score (nSPS) is 10.6. The lowest BCUT2D eigenvalue weighted by Crippen LogP contribution is -2.22. The summed E-state index contributed by atoms with van der Waals surface area (Å²) >= 11 is 0. The smallest absolute Gasteiger partial charge is 0.275 e. The van der Waals surface area contributed by atoms with Gasteiger partial charge >= 0.3 is 0 Å². The molecule has 0 unspecified atom stereocenters. The van der Waals surface area contributed by atoms with Crippen molar-refractivity contribution in [2.75, 3.05) is 5.43 Å². The first-order valence-corrected chi connectivity index (χ1v) is 5.45. The zero-order valence-electron chi connectivity index (χ0n) is 10.9. The average molecular weight is 289 g/mol. The molecular weight excluding hydrogens is 278 g/mol. The van der Waals surface area contributed by atoms with Gasteiger partial charge in [0.25, 0.3) is 5.69 Å². The molecule has 21 heavy (non-hydrogen) atoms. The second-order valence-corrected chi connectivity index (χ2v) is 3.89. The molecule has 0 aromatic heterocycles. The number of carbonyl (C=O) groups excluding carboxylic acids is 1. The van der Waals surface area contributed by atoms with Crippen LogP contribution in [0.3, 0.4) is 0 Å². The fourth-order valence-corrected chi connectivity index (χ4v) is 1.41. The predicted molar refractivity (Wildman–Crippen MR) is 74.9 cm³/mol. The van der Waals surface area contributed by atoms with Gasteiger partial charge in [-0.25, -0.2) is 0 Å². The van der Waals surface area contributed by atoms with Gasteiger partial charge in [-0.15, -0.1) is 0 Å². The first-order valence-electron chi connectivity index (χ1n) is 5.45. The highest BCUT2D eigenvalue weighted by Crippen LogP contribution is 2.27. The zero-order valence-corrected chi connectivity index (χ0v) is 10.9. The maximum Gasteiger partial charge on any atom is 0.275 e. The monoisotopic (exact) mass is 289 g/mol. The molecule has 0 heterocycles. The van der Waals surface area contributed by atoms with Crippen molar-refractivity contribution in [1.29, 1.82) is 10.7 Å². The fraction of sp³-hybridized carbons (Fsp3) is 0.0909. The van der Waals surface area contributed by atoms with E-state index in [9.17, 15) is 14.9 Å². The number of hydrogen-bond acceptors (Lipinski definition) is 7. The summed E-state index contributed by atoms with van der Waals surface area (Å²) < 4.78 is 0. The Kier molecular flexibility index (Phi) is 4.53. The summed E-state index contributed by atoms with van der Waals surface area (Å²) in [6.45, 7) is 1.43. The molecule has 6 N–H and O–H groups in total. The molecule has 0 aliphatic rings.